The minimum Gasteiger partial charge on any atom is -0.488 e. The average Bonchev–Trinajstić information content (AvgIpc) is 2.82. The number of anilines is 1. The molecule has 0 saturated carbocycles. The van der Waals surface area contributed by atoms with Gasteiger partial charge < -0.3 is 4.74 Å². The molecule has 9 nitrogen and oxygen atoms in total. The lowest BCUT2D eigenvalue weighted by Crippen LogP contribution is -2.54. The maximum Gasteiger partial charge on any atom is 0.335 e. The molecule has 4 rings (SSSR count). The number of hydrogen-bond donors (Lipinski definition) is 1. The summed E-state index contributed by atoms with van der Waals surface area (Å²) in [6.07, 6.45) is 1.36. The van der Waals surface area contributed by atoms with Gasteiger partial charge >= 0.3 is 6.03 Å². The van der Waals surface area contributed by atoms with E-state index in [1.807, 2.05) is 13.0 Å². The summed E-state index contributed by atoms with van der Waals surface area (Å²) >= 11 is 3.38. The Balaban J connectivity index is 1.67. The van der Waals surface area contributed by atoms with Crippen LogP contribution in [0.3, 0.4) is 0 Å². The van der Waals surface area contributed by atoms with Gasteiger partial charge in [-0.15, -0.1) is 0 Å². The molecular weight excluding hydrogens is 530 g/mol. The summed E-state index contributed by atoms with van der Waals surface area (Å²) in [5, 5.41) is 13.3. The monoisotopic (exact) mass is 549 g/mol. The number of imide groups is 2. The quantitative estimate of drug-likeness (QED) is 0.195. The normalized spacial score (nSPS) is 14.7. The van der Waals surface area contributed by atoms with Crippen molar-refractivity contribution in [1.82, 2.24) is 5.32 Å². The fourth-order valence-corrected chi connectivity index (χ4v) is 4.15. The number of barbiturate groups is 1. The molecule has 1 aliphatic heterocycles. The molecule has 0 bridgehead atoms. The summed E-state index contributed by atoms with van der Waals surface area (Å²) in [5.74, 6) is -1.25. The molecule has 0 spiro atoms. The number of hydrogen-bond acceptors (Lipinski definition) is 6. The van der Waals surface area contributed by atoms with Gasteiger partial charge in [0.25, 0.3) is 17.5 Å². The average molecular weight is 550 g/mol. The van der Waals surface area contributed by atoms with Crippen molar-refractivity contribution < 1.29 is 24.0 Å². The van der Waals surface area contributed by atoms with Gasteiger partial charge in [0.15, 0.2) is 0 Å². The minimum absolute atomic E-state index is 0.0206. The number of urea groups is 1. The summed E-state index contributed by atoms with van der Waals surface area (Å²) < 4.78 is 6.55. The fraction of sp³-hybridized carbons (Fsp3) is 0.115. The van der Waals surface area contributed by atoms with Gasteiger partial charge in [-0.25, -0.2) is 9.69 Å². The molecule has 0 radical (unpaired) electrons. The van der Waals surface area contributed by atoms with Gasteiger partial charge in [-0.2, -0.15) is 0 Å². The van der Waals surface area contributed by atoms with Crippen LogP contribution in [0.4, 0.5) is 16.2 Å². The molecule has 182 valence electrons. The summed E-state index contributed by atoms with van der Waals surface area (Å²) in [5.41, 5.74) is 2.72. The first kappa shape index (κ1) is 24.8. The number of rotatable bonds is 6. The highest BCUT2D eigenvalue weighted by Gasteiger charge is 2.37. The Morgan fingerprint density at radius 1 is 1.06 bits per heavy atom. The largest absolute Gasteiger partial charge is 0.488 e. The Bertz CT molecular complexity index is 1450. The first-order chi connectivity index (χ1) is 17.1. The number of amides is 4. The second-order valence-electron chi connectivity index (χ2n) is 8.15. The molecule has 1 saturated heterocycles. The molecule has 0 atom stereocenters. The second kappa shape index (κ2) is 10.1. The lowest BCUT2D eigenvalue weighted by atomic mass is 10.0. The molecule has 0 aliphatic carbocycles. The summed E-state index contributed by atoms with van der Waals surface area (Å²) in [7, 11) is 0. The Labute approximate surface area is 214 Å². The maximum absolute atomic E-state index is 13.3. The number of nitro benzene ring substituents is 1. The molecule has 0 aromatic heterocycles. The molecule has 1 heterocycles. The van der Waals surface area contributed by atoms with Crippen molar-refractivity contribution in [2.24, 2.45) is 0 Å². The van der Waals surface area contributed by atoms with Gasteiger partial charge in [0.05, 0.1) is 10.6 Å². The van der Waals surface area contributed by atoms with E-state index >= 15 is 0 Å². The molecule has 3 aromatic carbocycles. The van der Waals surface area contributed by atoms with E-state index in [0.717, 1.165) is 10.5 Å². The second-order valence-corrected chi connectivity index (χ2v) is 9.06. The summed E-state index contributed by atoms with van der Waals surface area (Å²) in [4.78, 5) is 50.0. The van der Waals surface area contributed by atoms with E-state index in [9.17, 15) is 24.5 Å². The number of carbonyl (C=O) groups excluding carboxylic acids is 3. The van der Waals surface area contributed by atoms with E-state index < -0.39 is 22.8 Å². The van der Waals surface area contributed by atoms with E-state index in [0.29, 0.717) is 32.6 Å². The van der Waals surface area contributed by atoms with E-state index in [4.69, 9.17) is 4.74 Å². The topological polar surface area (TPSA) is 119 Å². The first-order valence-electron chi connectivity index (χ1n) is 10.8. The van der Waals surface area contributed by atoms with Crippen molar-refractivity contribution >= 4 is 51.2 Å². The zero-order valence-electron chi connectivity index (χ0n) is 19.3. The molecule has 4 amide bonds. The number of nitrogens with one attached hydrogen (secondary N) is 1. The van der Waals surface area contributed by atoms with E-state index in [1.165, 1.54) is 18.2 Å². The molecule has 1 N–H and O–H groups in total. The van der Waals surface area contributed by atoms with Crippen molar-refractivity contribution in [3.63, 3.8) is 0 Å². The SMILES string of the molecule is Cc1ccc(N2C(=O)NC(=O)/C(=C\c3cc(Br)ccc3OCc3cccc([N+](=O)[O-])c3)C2=O)c(C)c1. The Morgan fingerprint density at radius 3 is 2.56 bits per heavy atom. The Morgan fingerprint density at radius 2 is 1.83 bits per heavy atom. The number of benzene rings is 3. The molecule has 10 heteroatoms. The standard InChI is InChI=1S/C26H20BrN3O6/c1-15-6-8-22(16(2)10-15)29-25(32)21(24(31)28-26(29)33)13-18-12-19(27)7-9-23(18)36-14-17-4-3-5-20(11-17)30(34)35/h3-13H,14H2,1-2H3,(H,28,31,33)/b21-13+. The fourth-order valence-electron chi connectivity index (χ4n) is 3.77. The third-order valence-electron chi connectivity index (χ3n) is 5.48. The minimum atomic E-state index is -0.828. The van der Waals surface area contributed by atoms with Gasteiger partial charge in [0.2, 0.25) is 0 Å². The highest BCUT2D eigenvalue weighted by molar-refractivity contribution is 9.10. The zero-order chi connectivity index (χ0) is 26.0. The first-order valence-corrected chi connectivity index (χ1v) is 11.6. The van der Waals surface area contributed by atoms with Crippen molar-refractivity contribution in [2.75, 3.05) is 4.90 Å². The lowest BCUT2D eigenvalue weighted by Gasteiger charge is -2.27. The van der Waals surface area contributed by atoms with Gasteiger partial charge in [-0.05, 0) is 55.3 Å². The van der Waals surface area contributed by atoms with E-state index in [1.54, 1.807) is 49.4 Å². The number of carbonyl (C=O) groups is 3. The molecule has 1 aliphatic rings. The Kier molecular flexibility index (Phi) is 6.98. The van der Waals surface area contributed by atoms with Gasteiger partial charge in [-0.3, -0.25) is 25.0 Å². The van der Waals surface area contributed by atoms with Crippen molar-refractivity contribution in [2.45, 2.75) is 20.5 Å². The van der Waals surface area contributed by atoms with Crippen LogP contribution in [0, 0.1) is 24.0 Å². The van der Waals surface area contributed by atoms with Crippen LogP contribution >= 0.6 is 15.9 Å². The lowest BCUT2D eigenvalue weighted by molar-refractivity contribution is -0.384. The third-order valence-corrected chi connectivity index (χ3v) is 5.98. The van der Waals surface area contributed by atoms with Crippen LogP contribution in [-0.4, -0.2) is 22.8 Å². The molecule has 36 heavy (non-hydrogen) atoms. The van der Waals surface area contributed by atoms with E-state index in [2.05, 4.69) is 21.2 Å². The number of nitro groups is 1. The number of ether oxygens (including phenoxy) is 1. The third kappa shape index (κ3) is 5.18. The van der Waals surface area contributed by atoms with Crippen LogP contribution in [0.2, 0.25) is 0 Å². The summed E-state index contributed by atoms with van der Waals surface area (Å²) in [6.45, 7) is 3.69. The van der Waals surface area contributed by atoms with Gasteiger partial charge in [-0.1, -0.05) is 45.8 Å². The smallest absolute Gasteiger partial charge is 0.335 e. The number of aryl methyl sites for hydroxylation is 2. The highest BCUT2D eigenvalue weighted by atomic mass is 79.9. The number of nitrogens with zero attached hydrogens (tertiary/aromatic N) is 2. The van der Waals surface area contributed by atoms with Crippen molar-refractivity contribution in [3.05, 3.63) is 103 Å². The maximum atomic E-state index is 13.3. The highest BCUT2D eigenvalue weighted by Crippen LogP contribution is 2.30. The Hall–Kier alpha value is -4.31. The molecule has 1 fully saturated rings. The predicted octanol–water partition coefficient (Wildman–Crippen LogP) is 5.22. The molecule has 3 aromatic rings. The van der Waals surface area contributed by atoms with Crippen LogP contribution in [0.5, 0.6) is 5.75 Å². The van der Waals surface area contributed by atoms with Crippen LogP contribution in [-0.2, 0) is 16.2 Å². The van der Waals surface area contributed by atoms with Crippen molar-refractivity contribution in [1.29, 1.82) is 0 Å². The van der Waals surface area contributed by atoms with Crippen LogP contribution in [0.15, 0.2) is 70.7 Å². The van der Waals surface area contributed by atoms with Gasteiger partial charge in [0.1, 0.15) is 17.9 Å². The van der Waals surface area contributed by atoms with Crippen LogP contribution in [0.25, 0.3) is 6.08 Å². The predicted molar refractivity (Wildman–Crippen MR) is 136 cm³/mol. The van der Waals surface area contributed by atoms with Crippen LogP contribution < -0.4 is 15.0 Å². The van der Waals surface area contributed by atoms with E-state index in [-0.39, 0.29) is 17.9 Å². The van der Waals surface area contributed by atoms with Crippen molar-refractivity contribution in [3.8, 4) is 5.75 Å². The summed E-state index contributed by atoms with van der Waals surface area (Å²) in [6, 6.07) is 15.5. The van der Waals surface area contributed by atoms with Gasteiger partial charge in [0, 0.05) is 22.2 Å². The number of non-ortho nitro benzene ring substituents is 1. The number of halogens is 1. The molecule has 0 unspecified atom stereocenters. The molecular formula is C26H20BrN3O6. The zero-order valence-corrected chi connectivity index (χ0v) is 20.9. The van der Waals surface area contributed by atoms with Crippen LogP contribution in [0.1, 0.15) is 22.3 Å².